The summed E-state index contributed by atoms with van der Waals surface area (Å²) in [6, 6.07) is 6.75. The Morgan fingerprint density at radius 1 is 1.32 bits per heavy atom. The highest BCUT2D eigenvalue weighted by Crippen LogP contribution is 2.18. The summed E-state index contributed by atoms with van der Waals surface area (Å²) in [6.07, 6.45) is 2.82. The Balaban J connectivity index is 2.52. The number of ether oxygens (including phenoxy) is 1. The van der Waals surface area contributed by atoms with Gasteiger partial charge in [-0.3, -0.25) is 9.59 Å². The normalized spacial score (nSPS) is 11.7. The van der Waals surface area contributed by atoms with Crippen molar-refractivity contribution < 1.29 is 14.3 Å². The molecule has 0 aliphatic heterocycles. The third-order valence-electron chi connectivity index (χ3n) is 2.55. The lowest BCUT2D eigenvalue weighted by molar-refractivity contribution is -0.138. The van der Waals surface area contributed by atoms with Crippen LogP contribution in [-0.2, 0) is 9.59 Å². The summed E-state index contributed by atoms with van der Waals surface area (Å²) >= 11 is 1.71. The molecule has 1 amide bonds. The highest BCUT2D eigenvalue weighted by molar-refractivity contribution is 7.98. The number of hydrogen-bond donors (Lipinski definition) is 1. The second-order valence-electron chi connectivity index (χ2n) is 4.31. The van der Waals surface area contributed by atoms with Gasteiger partial charge in [-0.15, -0.1) is 0 Å². The minimum atomic E-state index is -0.221. The highest BCUT2D eigenvalue weighted by atomic mass is 32.2. The average molecular weight is 281 g/mol. The smallest absolute Gasteiger partial charge is 0.314 e. The standard InChI is InChI=1S/C14H19NO3S/c1-10(8-9-19-3)14(17)18-13-6-4-12(5-7-13)15-11(2)16/h4-7,10H,8-9H2,1-3H3,(H,15,16). The molecule has 19 heavy (non-hydrogen) atoms. The molecule has 0 aliphatic carbocycles. The Kier molecular flexibility index (Phi) is 6.42. The maximum Gasteiger partial charge on any atom is 0.314 e. The summed E-state index contributed by atoms with van der Waals surface area (Å²) < 4.78 is 5.27. The lowest BCUT2D eigenvalue weighted by Crippen LogP contribution is -2.18. The van der Waals surface area contributed by atoms with Gasteiger partial charge in [-0.2, -0.15) is 11.8 Å². The Bertz CT molecular complexity index is 431. The van der Waals surface area contributed by atoms with Gasteiger partial charge in [-0.1, -0.05) is 6.92 Å². The van der Waals surface area contributed by atoms with E-state index >= 15 is 0 Å². The molecule has 0 aromatic heterocycles. The Labute approximate surface area is 117 Å². The van der Waals surface area contributed by atoms with Gasteiger partial charge in [0.15, 0.2) is 0 Å². The van der Waals surface area contributed by atoms with Crippen molar-refractivity contribution in [2.45, 2.75) is 20.3 Å². The van der Waals surface area contributed by atoms with Crippen LogP contribution in [-0.4, -0.2) is 23.9 Å². The number of esters is 1. The molecule has 0 bridgehead atoms. The molecule has 0 saturated heterocycles. The van der Waals surface area contributed by atoms with Gasteiger partial charge >= 0.3 is 5.97 Å². The first-order valence-electron chi connectivity index (χ1n) is 6.11. The van der Waals surface area contributed by atoms with Crippen LogP contribution in [0.15, 0.2) is 24.3 Å². The number of carbonyl (C=O) groups is 2. The molecular formula is C14H19NO3S. The first-order chi connectivity index (χ1) is 9.02. The summed E-state index contributed by atoms with van der Waals surface area (Å²) in [5.41, 5.74) is 0.683. The molecule has 0 fully saturated rings. The van der Waals surface area contributed by atoms with Crippen molar-refractivity contribution in [2.75, 3.05) is 17.3 Å². The lowest BCUT2D eigenvalue weighted by atomic mass is 10.1. The van der Waals surface area contributed by atoms with E-state index in [1.807, 2.05) is 13.2 Å². The van der Waals surface area contributed by atoms with Crippen LogP contribution < -0.4 is 10.1 Å². The molecule has 4 nitrogen and oxygen atoms in total. The van der Waals surface area contributed by atoms with Gasteiger partial charge in [0.05, 0.1) is 5.92 Å². The van der Waals surface area contributed by atoms with Crippen LogP contribution in [0.2, 0.25) is 0 Å². The molecule has 1 aromatic rings. The van der Waals surface area contributed by atoms with Crippen LogP contribution in [0.4, 0.5) is 5.69 Å². The van der Waals surface area contributed by atoms with Crippen LogP contribution in [0.3, 0.4) is 0 Å². The van der Waals surface area contributed by atoms with Crippen molar-refractivity contribution in [1.82, 2.24) is 0 Å². The summed E-state index contributed by atoms with van der Waals surface area (Å²) in [7, 11) is 0. The summed E-state index contributed by atoms with van der Waals surface area (Å²) in [4.78, 5) is 22.6. The molecular weight excluding hydrogens is 262 g/mol. The van der Waals surface area contributed by atoms with E-state index in [1.165, 1.54) is 6.92 Å². The molecule has 0 radical (unpaired) electrons. The number of anilines is 1. The average Bonchev–Trinajstić information content (AvgIpc) is 2.37. The van der Waals surface area contributed by atoms with E-state index < -0.39 is 0 Å². The van der Waals surface area contributed by atoms with E-state index in [0.717, 1.165) is 12.2 Å². The maximum atomic E-state index is 11.8. The van der Waals surface area contributed by atoms with Gasteiger partial charge in [0.25, 0.3) is 0 Å². The molecule has 104 valence electrons. The monoisotopic (exact) mass is 281 g/mol. The fourth-order valence-corrected chi connectivity index (χ4v) is 2.03. The van der Waals surface area contributed by atoms with Crippen molar-refractivity contribution in [3.05, 3.63) is 24.3 Å². The zero-order valence-corrected chi connectivity index (χ0v) is 12.3. The molecule has 1 rings (SSSR count). The number of benzene rings is 1. The first kappa shape index (κ1) is 15.6. The minimum absolute atomic E-state index is 0.109. The van der Waals surface area contributed by atoms with Crippen LogP contribution in [0, 0.1) is 5.92 Å². The topological polar surface area (TPSA) is 55.4 Å². The number of thioether (sulfide) groups is 1. The van der Waals surface area contributed by atoms with Crippen LogP contribution >= 0.6 is 11.8 Å². The number of nitrogens with one attached hydrogen (secondary N) is 1. The van der Waals surface area contributed by atoms with Gasteiger partial charge in [-0.05, 0) is 42.7 Å². The van der Waals surface area contributed by atoms with Crippen molar-refractivity contribution in [2.24, 2.45) is 5.92 Å². The number of hydrogen-bond acceptors (Lipinski definition) is 4. The predicted molar refractivity (Wildman–Crippen MR) is 78.5 cm³/mol. The van der Waals surface area contributed by atoms with Gasteiger partial charge in [0, 0.05) is 12.6 Å². The van der Waals surface area contributed by atoms with Crippen molar-refractivity contribution in [1.29, 1.82) is 0 Å². The van der Waals surface area contributed by atoms with Gasteiger partial charge in [-0.25, -0.2) is 0 Å². The molecule has 0 heterocycles. The second-order valence-corrected chi connectivity index (χ2v) is 5.29. The van der Waals surface area contributed by atoms with Crippen molar-refractivity contribution >= 4 is 29.3 Å². The van der Waals surface area contributed by atoms with E-state index in [-0.39, 0.29) is 17.8 Å². The van der Waals surface area contributed by atoms with E-state index in [2.05, 4.69) is 5.32 Å². The largest absolute Gasteiger partial charge is 0.426 e. The molecule has 0 aliphatic rings. The first-order valence-corrected chi connectivity index (χ1v) is 7.50. The van der Waals surface area contributed by atoms with Crippen LogP contribution in [0.5, 0.6) is 5.75 Å². The Hall–Kier alpha value is -1.49. The predicted octanol–water partition coefficient (Wildman–Crippen LogP) is 2.94. The zero-order valence-electron chi connectivity index (χ0n) is 11.4. The summed E-state index contributed by atoms with van der Waals surface area (Å²) in [5.74, 6) is 0.979. The highest BCUT2D eigenvalue weighted by Gasteiger charge is 2.14. The van der Waals surface area contributed by atoms with Gasteiger partial charge in [0.1, 0.15) is 5.75 Å². The molecule has 1 N–H and O–H groups in total. The fourth-order valence-electron chi connectivity index (χ4n) is 1.44. The Morgan fingerprint density at radius 2 is 1.95 bits per heavy atom. The van der Waals surface area contributed by atoms with E-state index in [4.69, 9.17) is 4.74 Å². The molecule has 5 heteroatoms. The number of carbonyl (C=O) groups excluding carboxylic acids is 2. The molecule has 0 spiro atoms. The Morgan fingerprint density at radius 3 is 2.47 bits per heavy atom. The number of rotatable bonds is 6. The van der Waals surface area contributed by atoms with Gasteiger partial charge < -0.3 is 10.1 Å². The van der Waals surface area contributed by atoms with Crippen molar-refractivity contribution in [3.63, 3.8) is 0 Å². The van der Waals surface area contributed by atoms with Crippen LogP contribution in [0.25, 0.3) is 0 Å². The SMILES string of the molecule is CSCCC(C)C(=O)Oc1ccc(NC(C)=O)cc1. The zero-order chi connectivity index (χ0) is 14.3. The third kappa shape index (κ3) is 5.79. The van der Waals surface area contributed by atoms with Crippen LogP contribution in [0.1, 0.15) is 20.3 Å². The maximum absolute atomic E-state index is 11.8. The molecule has 1 aromatic carbocycles. The molecule has 1 unspecified atom stereocenters. The van der Waals surface area contributed by atoms with Crippen molar-refractivity contribution in [3.8, 4) is 5.75 Å². The van der Waals surface area contributed by atoms with E-state index in [9.17, 15) is 9.59 Å². The van der Waals surface area contributed by atoms with Gasteiger partial charge in [0.2, 0.25) is 5.91 Å². The quantitative estimate of drug-likeness (QED) is 0.643. The van der Waals surface area contributed by atoms with E-state index in [0.29, 0.717) is 11.4 Å². The molecule has 1 atom stereocenters. The lowest BCUT2D eigenvalue weighted by Gasteiger charge is -2.10. The van der Waals surface area contributed by atoms with E-state index in [1.54, 1.807) is 36.0 Å². The fraction of sp³-hybridized carbons (Fsp3) is 0.429. The summed E-state index contributed by atoms with van der Waals surface area (Å²) in [5, 5.41) is 2.65. The number of amides is 1. The third-order valence-corrected chi connectivity index (χ3v) is 3.19. The second kappa shape index (κ2) is 7.84. The summed E-state index contributed by atoms with van der Waals surface area (Å²) in [6.45, 7) is 3.31. The molecule has 0 saturated carbocycles. The minimum Gasteiger partial charge on any atom is -0.426 e.